The van der Waals surface area contributed by atoms with Gasteiger partial charge in [0.25, 0.3) is 11.8 Å². The highest BCUT2D eigenvalue weighted by atomic mass is 32.2. The maximum atomic E-state index is 12.7. The van der Waals surface area contributed by atoms with E-state index in [1.807, 2.05) is 29.9 Å². The third-order valence-corrected chi connectivity index (χ3v) is 4.77. The molecular formula is C16H13N3O2S2. The number of aryl methyl sites for hydroxylation is 1. The summed E-state index contributed by atoms with van der Waals surface area (Å²) in [6.07, 6.45) is 3.68. The second kappa shape index (κ2) is 6.02. The number of para-hydroxylation sites is 1. The fourth-order valence-corrected chi connectivity index (χ4v) is 3.58. The number of benzene rings is 1. The lowest BCUT2D eigenvalue weighted by molar-refractivity contribution is -0.113. The maximum absolute atomic E-state index is 12.7. The summed E-state index contributed by atoms with van der Waals surface area (Å²) in [6, 6.07) is 10.5. The Morgan fingerprint density at radius 3 is 2.65 bits per heavy atom. The molecule has 0 atom stereocenters. The van der Waals surface area contributed by atoms with Crippen LogP contribution in [0, 0.1) is 0 Å². The number of hydrogen-bond acceptors (Lipinski definition) is 4. The van der Waals surface area contributed by atoms with Crippen LogP contribution in [0.3, 0.4) is 0 Å². The van der Waals surface area contributed by atoms with Crippen molar-refractivity contribution in [2.45, 2.75) is 0 Å². The average molecular weight is 343 g/mol. The smallest absolute Gasteiger partial charge is 0.270 e. The van der Waals surface area contributed by atoms with Gasteiger partial charge in [-0.1, -0.05) is 36.1 Å². The molecule has 7 heteroatoms. The lowest BCUT2D eigenvalue weighted by Gasteiger charge is -2.17. The second-order valence-electron chi connectivity index (χ2n) is 4.94. The van der Waals surface area contributed by atoms with Crippen LogP contribution in [0.15, 0.2) is 47.5 Å². The monoisotopic (exact) mass is 343 g/mol. The van der Waals surface area contributed by atoms with Crippen molar-refractivity contribution in [1.82, 2.24) is 4.57 Å². The van der Waals surface area contributed by atoms with Gasteiger partial charge < -0.3 is 10.3 Å². The predicted octanol–water partition coefficient (Wildman–Crippen LogP) is 2.53. The molecule has 1 saturated heterocycles. The van der Waals surface area contributed by atoms with Crippen molar-refractivity contribution in [2.24, 2.45) is 12.8 Å². The highest BCUT2D eigenvalue weighted by molar-refractivity contribution is 8.27. The third-order valence-electron chi connectivity index (χ3n) is 3.47. The van der Waals surface area contributed by atoms with E-state index in [0.717, 1.165) is 5.69 Å². The Bertz CT molecular complexity index is 855. The van der Waals surface area contributed by atoms with Gasteiger partial charge in [0.05, 0.1) is 16.2 Å². The molecule has 2 amide bonds. The van der Waals surface area contributed by atoms with Crippen LogP contribution < -0.4 is 10.6 Å². The van der Waals surface area contributed by atoms with Gasteiger partial charge in [-0.3, -0.25) is 14.5 Å². The molecule has 1 aromatic heterocycles. The summed E-state index contributed by atoms with van der Waals surface area (Å²) in [5, 5.41) is 0. The first-order valence-corrected chi connectivity index (χ1v) is 7.99. The molecule has 1 aromatic carbocycles. The van der Waals surface area contributed by atoms with Gasteiger partial charge in [-0.05, 0) is 30.3 Å². The van der Waals surface area contributed by atoms with E-state index in [9.17, 15) is 9.59 Å². The Balaban J connectivity index is 2.02. The molecule has 0 radical (unpaired) electrons. The van der Waals surface area contributed by atoms with E-state index in [2.05, 4.69) is 0 Å². The SMILES string of the molecule is Cn1cccc1/C=C1/SC(=S)N(c2ccccc2C(N)=O)C1=O. The van der Waals surface area contributed by atoms with Crippen molar-refractivity contribution < 1.29 is 9.59 Å². The molecule has 1 aliphatic rings. The van der Waals surface area contributed by atoms with Crippen molar-refractivity contribution in [3.63, 3.8) is 0 Å². The fraction of sp³-hybridized carbons (Fsp3) is 0.0625. The summed E-state index contributed by atoms with van der Waals surface area (Å²) in [6.45, 7) is 0. The average Bonchev–Trinajstić information content (AvgIpc) is 3.03. The Kier molecular flexibility index (Phi) is 4.06. The lowest BCUT2D eigenvalue weighted by atomic mass is 10.1. The Labute approximate surface area is 142 Å². The molecular weight excluding hydrogens is 330 g/mol. The number of amides is 2. The van der Waals surface area contributed by atoms with Gasteiger partial charge in [-0.2, -0.15) is 0 Å². The minimum Gasteiger partial charge on any atom is -0.366 e. The number of hydrogen-bond donors (Lipinski definition) is 1. The van der Waals surface area contributed by atoms with E-state index in [-0.39, 0.29) is 11.5 Å². The molecule has 23 heavy (non-hydrogen) atoms. The zero-order valence-electron chi connectivity index (χ0n) is 12.2. The molecule has 0 unspecified atom stereocenters. The topological polar surface area (TPSA) is 68.3 Å². The summed E-state index contributed by atoms with van der Waals surface area (Å²) >= 11 is 6.53. The molecule has 2 aromatic rings. The summed E-state index contributed by atoms with van der Waals surface area (Å²) in [5.41, 5.74) is 6.97. The number of aromatic nitrogens is 1. The second-order valence-corrected chi connectivity index (χ2v) is 6.62. The molecule has 0 saturated carbocycles. The Morgan fingerprint density at radius 1 is 1.26 bits per heavy atom. The number of nitrogens with two attached hydrogens (primary N) is 1. The van der Waals surface area contributed by atoms with Gasteiger partial charge in [0.15, 0.2) is 4.32 Å². The van der Waals surface area contributed by atoms with Crippen LogP contribution in [-0.2, 0) is 11.8 Å². The van der Waals surface area contributed by atoms with Gasteiger partial charge in [-0.15, -0.1) is 0 Å². The number of carbonyl (C=O) groups is 2. The molecule has 116 valence electrons. The number of anilines is 1. The molecule has 0 spiro atoms. The van der Waals surface area contributed by atoms with Crippen LogP contribution in [0.1, 0.15) is 16.1 Å². The van der Waals surface area contributed by atoms with Crippen molar-refractivity contribution >= 4 is 51.9 Å². The molecule has 5 nitrogen and oxygen atoms in total. The van der Waals surface area contributed by atoms with Crippen LogP contribution in [0.25, 0.3) is 6.08 Å². The van der Waals surface area contributed by atoms with E-state index in [1.54, 1.807) is 30.3 Å². The largest absolute Gasteiger partial charge is 0.366 e. The van der Waals surface area contributed by atoms with Crippen LogP contribution >= 0.6 is 24.0 Å². The van der Waals surface area contributed by atoms with E-state index in [1.165, 1.54) is 16.7 Å². The van der Waals surface area contributed by atoms with Gasteiger partial charge >= 0.3 is 0 Å². The maximum Gasteiger partial charge on any atom is 0.270 e. The fourth-order valence-electron chi connectivity index (χ4n) is 2.31. The number of nitrogens with zero attached hydrogens (tertiary/aromatic N) is 2. The Hall–Kier alpha value is -2.38. The standard InChI is InChI=1S/C16H13N3O2S2/c1-18-8-4-5-10(18)9-13-15(21)19(16(22)23-13)12-7-3-2-6-11(12)14(17)20/h2-9H,1H3,(H2,17,20)/b13-9+. The van der Waals surface area contributed by atoms with Crippen LogP contribution in [0.2, 0.25) is 0 Å². The highest BCUT2D eigenvalue weighted by Crippen LogP contribution is 2.37. The van der Waals surface area contributed by atoms with Crippen LogP contribution in [0.4, 0.5) is 5.69 Å². The summed E-state index contributed by atoms with van der Waals surface area (Å²) in [5.74, 6) is -0.851. The van der Waals surface area contributed by atoms with Crippen LogP contribution in [-0.4, -0.2) is 20.7 Å². The van der Waals surface area contributed by atoms with E-state index in [4.69, 9.17) is 18.0 Å². The zero-order valence-corrected chi connectivity index (χ0v) is 13.9. The van der Waals surface area contributed by atoms with Crippen molar-refractivity contribution in [3.05, 3.63) is 58.8 Å². The van der Waals surface area contributed by atoms with E-state index in [0.29, 0.717) is 14.9 Å². The number of rotatable bonds is 3. The molecule has 1 aliphatic heterocycles. The van der Waals surface area contributed by atoms with Gasteiger partial charge in [0.1, 0.15) is 0 Å². The minimum atomic E-state index is -0.596. The summed E-state index contributed by atoms with van der Waals surface area (Å²) in [7, 11) is 1.90. The number of carbonyl (C=O) groups excluding carboxylic acids is 2. The minimum absolute atomic E-state index is 0.255. The number of primary amides is 1. The van der Waals surface area contributed by atoms with Crippen molar-refractivity contribution in [1.29, 1.82) is 0 Å². The molecule has 0 aliphatic carbocycles. The summed E-state index contributed by atoms with van der Waals surface area (Å²) in [4.78, 5) is 26.2. The van der Waals surface area contributed by atoms with Crippen LogP contribution in [0.5, 0.6) is 0 Å². The third kappa shape index (κ3) is 2.80. The number of thiocarbonyl (C=S) groups is 1. The first-order chi connectivity index (χ1) is 11.0. The molecule has 0 bridgehead atoms. The molecule has 2 heterocycles. The van der Waals surface area contributed by atoms with Gasteiger partial charge in [-0.25, -0.2) is 0 Å². The van der Waals surface area contributed by atoms with E-state index >= 15 is 0 Å². The number of thioether (sulfide) groups is 1. The lowest BCUT2D eigenvalue weighted by Crippen LogP contribution is -2.30. The molecule has 2 N–H and O–H groups in total. The van der Waals surface area contributed by atoms with Crippen molar-refractivity contribution in [3.8, 4) is 0 Å². The molecule has 1 fully saturated rings. The van der Waals surface area contributed by atoms with E-state index < -0.39 is 5.91 Å². The zero-order chi connectivity index (χ0) is 16.6. The van der Waals surface area contributed by atoms with Gasteiger partial charge in [0, 0.05) is 18.9 Å². The normalized spacial score (nSPS) is 16.4. The predicted molar refractivity (Wildman–Crippen MR) is 96.0 cm³/mol. The quantitative estimate of drug-likeness (QED) is 0.687. The van der Waals surface area contributed by atoms with Gasteiger partial charge in [0.2, 0.25) is 0 Å². The highest BCUT2D eigenvalue weighted by Gasteiger charge is 2.35. The Morgan fingerprint density at radius 2 is 2.00 bits per heavy atom. The van der Waals surface area contributed by atoms with Crippen molar-refractivity contribution in [2.75, 3.05) is 4.90 Å². The first kappa shape index (κ1) is 15.5. The first-order valence-electron chi connectivity index (χ1n) is 6.77. The summed E-state index contributed by atoms with van der Waals surface area (Å²) < 4.78 is 2.29. The molecule has 3 rings (SSSR count).